The van der Waals surface area contributed by atoms with Crippen LogP contribution in [0.2, 0.25) is 0 Å². The van der Waals surface area contributed by atoms with Gasteiger partial charge in [-0.25, -0.2) is 0 Å². The Morgan fingerprint density at radius 2 is 2.31 bits per heavy atom. The van der Waals surface area contributed by atoms with Gasteiger partial charge >= 0.3 is 0 Å². The van der Waals surface area contributed by atoms with Crippen LogP contribution in [0.3, 0.4) is 0 Å². The summed E-state index contributed by atoms with van der Waals surface area (Å²) in [5, 5.41) is 2.11. The topological polar surface area (TPSA) is 42.2 Å². The molecule has 0 aliphatic rings. The molecule has 0 fully saturated rings. The van der Waals surface area contributed by atoms with Gasteiger partial charge in [0, 0.05) is 24.7 Å². The Hall–Kier alpha value is -1.55. The van der Waals surface area contributed by atoms with Crippen molar-refractivity contribution < 1.29 is 0 Å². The largest absolute Gasteiger partial charge is 0.396 e. The zero-order valence-corrected chi connectivity index (χ0v) is 10.1. The van der Waals surface area contributed by atoms with E-state index < -0.39 is 0 Å². The fourth-order valence-corrected chi connectivity index (χ4v) is 2.30. The third kappa shape index (κ3) is 2.52. The molecule has 0 radical (unpaired) electrons. The van der Waals surface area contributed by atoms with Crippen LogP contribution in [0.25, 0.3) is 0 Å². The Kier molecular flexibility index (Phi) is 3.41. The number of aromatic nitrogens is 1. The average molecular weight is 233 g/mol. The summed E-state index contributed by atoms with van der Waals surface area (Å²) in [6.45, 7) is 0.967. The lowest BCUT2D eigenvalue weighted by Crippen LogP contribution is -2.21. The number of hydrogen-bond donors (Lipinski definition) is 1. The number of rotatable bonds is 4. The standard InChI is InChI=1S/C12H15N3S/c1-15(7-5-10-3-2-8-16-10)12-4-6-14-9-11(12)13/h2-4,6,8-9H,5,7,13H2,1H3. The molecule has 84 valence electrons. The van der Waals surface area contributed by atoms with Gasteiger partial charge in [-0.1, -0.05) is 6.07 Å². The molecule has 0 saturated carbocycles. The van der Waals surface area contributed by atoms with Gasteiger partial charge < -0.3 is 10.6 Å². The van der Waals surface area contributed by atoms with Gasteiger partial charge in [-0.15, -0.1) is 11.3 Å². The minimum atomic E-state index is 0.733. The molecule has 0 aromatic carbocycles. The number of nitrogens with two attached hydrogens (primary N) is 1. The summed E-state index contributed by atoms with van der Waals surface area (Å²) in [7, 11) is 2.05. The average Bonchev–Trinajstić information content (AvgIpc) is 2.79. The quantitative estimate of drug-likeness (QED) is 0.881. The maximum atomic E-state index is 5.87. The molecule has 3 nitrogen and oxygen atoms in total. The lowest BCUT2D eigenvalue weighted by Gasteiger charge is -2.20. The monoisotopic (exact) mass is 233 g/mol. The first-order chi connectivity index (χ1) is 7.77. The van der Waals surface area contributed by atoms with E-state index in [0.717, 1.165) is 24.3 Å². The van der Waals surface area contributed by atoms with Crippen LogP contribution in [0.15, 0.2) is 36.0 Å². The molecule has 0 aliphatic heterocycles. The second-order valence-electron chi connectivity index (χ2n) is 3.69. The lowest BCUT2D eigenvalue weighted by molar-refractivity contribution is 0.887. The van der Waals surface area contributed by atoms with Crippen molar-refractivity contribution in [3.63, 3.8) is 0 Å². The van der Waals surface area contributed by atoms with Crippen LogP contribution in [0.1, 0.15) is 4.88 Å². The maximum absolute atomic E-state index is 5.87. The molecule has 4 heteroatoms. The molecule has 0 spiro atoms. The lowest BCUT2D eigenvalue weighted by atomic mass is 10.3. The van der Waals surface area contributed by atoms with E-state index in [4.69, 9.17) is 5.73 Å². The molecule has 2 rings (SSSR count). The predicted molar refractivity (Wildman–Crippen MR) is 69.9 cm³/mol. The van der Waals surface area contributed by atoms with Gasteiger partial charge in [-0.2, -0.15) is 0 Å². The molecule has 2 aromatic heterocycles. The summed E-state index contributed by atoms with van der Waals surface area (Å²) < 4.78 is 0. The van der Waals surface area contributed by atoms with E-state index in [1.165, 1.54) is 4.88 Å². The van der Waals surface area contributed by atoms with Crippen molar-refractivity contribution in [2.45, 2.75) is 6.42 Å². The van der Waals surface area contributed by atoms with Gasteiger partial charge in [0.25, 0.3) is 0 Å². The molecule has 0 aliphatic carbocycles. The SMILES string of the molecule is CN(CCc1cccs1)c1ccncc1N. The Labute approximate surface area is 99.5 Å². The van der Waals surface area contributed by atoms with Gasteiger partial charge in [0.1, 0.15) is 0 Å². The minimum absolute atomic E-state index is 0.733. The van der Waals surface area contributed by atoms with Crippen LogP contribution in [0.4, 0.5) is 11.4 Å². The predicted octanol–water partition coefficient (Wildman–Crippen LogP) is 2.40. The number of nitrogens with zero attached hydrogens (tertiary/aromatic N) is 2. The summed E-state index contributed by atoms with van der Waals surface area (Å²) in [4.78, 5) is 7.55. The van der Waals surface area contributed by atoms with E-state index in [0.29, 0.717) is 0 Å². The smallest absolute Gasteiger partial charge is 0.0738 e. The van der Waals surface area contributed by atoms with E-state index in [1.807, 2.05) is 6.07 Å². The van der Waals surface area contributed by atoms with Gasteiger partial charge in [0.15, 0.2) is 0 Å². The van der Waals surface area contributed by atoms with Crippen molar-refractivity contribution in [2.75, 3.05) is 24.2 Å². The highest BCUT2D eigenvalue weighted by Crippen LogP contribution is 2.20. The van der Waals surface area contributed by atoms with Crippen molar-refractivity contribution in [3.8, 4) is 0 Å². The Morgan fingerprint density at radius 1 is 1.44 bits per heavy atom. The van der Waals surface area contributed by atoms with E-state index in [9.17, 15) is 0 Å². The number of hydrogen-bond acceptors (Lipinski definition) is 4. The Balaban J connectivity index is 1.98. The molecule has 0 bridgehead atoms. The zero-order chi connectivity index (χ0) is 11.4. The Bertz CT molecular complexity index is 439. The molecular formula is C12H15N3S. The minimum Gasteiger partial charge on any atom is -0.396 e. The highest BCUT2D eigenvalue weighted by molar-refractivity contribution is 7.09. The maximum Gasteiger partial charge on any atom is 0.0738 e. The molecule has 0 atom stereocenters. The summed E-state index contributed by atoms with van der Waals surface area (Å²) in [6, 6.07) is 6.19. The van der Waals surface area contributed by atoms with E-state index in [1.54, 1.807) is 23.7 Å². The third-order valence-corrected chi connectivity index (χ3v) is 3.45. The van der Waals surface area contributed by atoms with Crippen LogP contribution >= 0.6 is 11.3 Å². The van der Waals surface area contributed by atoms with Crippen molar-refractivity contribution in [2.24, 2.45) is 0 Å². The molecule has 2 aromatic rings. The van der Waals surface area contributed by atoms with Gasteiger partial charge in [0.05, 0.1) is 17.6 Å². The summed E-state index contributed by atoms with van der Waals surface area (Å²) >= 11 is 1.79. The van der Waals surface area contributed by atoms with E-state index in [-0.39, 0.29) is 0 Å². The molecule has 0 saturated heterocycles. The number of thiophene rings is 1. The van der Waals surface area contributed by atoms with Gasteiger partial charge in [-0.3, -0.25) is 4.98 Å². The highest BCUT2D eigenvalue weighted by Gasteiger charge is 2.04. The highest BCUT2D eigenvalue weighted by atomic mass is 32.1. The van der Waals surface area contributed by atoms with Crippen LogP contribution in [-0.4, -0.2) is 18.6 Å². The van der Waals surface area contributed by atoms with Crippen molar-refractivity contribution in [1.29, 1.82) is 0 Å². The number of nitrogen functional groups attached to an aromatic ring is 1. The van der Waals surface area contributed by atoms with Gasteiger partial charge in [0.2, 0.25) is 0 Å². The number of likely N-dealkylation sites (N-methyl/N-ethyl adjacent to an activating group) is 1. The second-order valence-corrected chi connectivity index (χ2v) is 4.72. The van der Waals surface area contributed by atoms with Crippen LogP contribution in [-0.2, 0) is 6.42 Å². The van der Waals surface area contributed by atoms with Crippen molar-refractivity contribution >= 4 is 22.7 Å². The van der Waals surface area contributed by atoms with Crippen molar-refractivity contribution in [3.05, 3.63) is 40.8 Å². The summed E-state index contributed by atoms with van der Waals surface area (Å²) in [5.41, 5.74) is 7.65. The molecule has 0 amide bonds. The van der Waals surface area contributed by atoms with Crippen LogP contribution in [0.5, 0.6) is 0 Å². The zero-order valence-electron chi connectivity index (χ0n) is 9.26. The van der Waals surface area contributed by atoms with Gasteiger partial charge in [-0.05, 0) is 23.9 Å². The van der Waals surface area contributed by atoms with Crippen LogP contribution < -0.4 is 10.6 Å². The molecule has 16 heavy (non-hydrogen) atoms. The molecule has 0 unspecified atom stereocenters. The fraction of sp³-hybridized carbons (Fsp3) is 0.250. The fourth-order valence-electron chi connectivity index (χ4n) is 1.60. The summed E-state index contributed by atoms with van der Waals surface area (Å²) in [6.07, 6.45) is 4.51. The normalized spacial score (nSPS) is 10.3. The van der Waals surface area contributed by atoms with Crippen molar-refractivity contribution in [1.82, 2.24) is 4.98 Å². The molecule has 2 N–H and O–H groups in total. The summed E-state index contributed by atoms with van der Waals surface area (Å²) in [5.74, 6) is 0. The van der Waals surface area contributed by atoms with E-state index in [2.05, 4.69) is 34.4 Å². The number of pyridine rings is 1. The first-order valence-electron chi connectivity index (χ1n) is 5.20. The Morgan fingerprint density at radius 3 is 3.00 bits per heavy atom. The molecule has 2 heterocycles. The second kappa shape index (κ2) is 4.99. The third-order valence-electron chi connectivity index (χ3n) is 2.51. The molecular weight excluding hydrogens is 218 g/mol. The first kappa shape index (κ1) is 11.0. The van der Waals surface area contributed by atoms with E-state index >= 15 is 0 Å². The van der Waals surface area contributed by atoms with Crippen LogP contribution in [0, 0.1) is 0 Å². The first-order valence-corrected chi connectivity index (χ1v) is 6.08. The number of anilines is 2.